The van der Waals surface area contributed by atoms with Gasteiger partial charge in [-0.2, -0.15) is 10.1 Å². The molecule has 28 heavy (non-hydrogen) atoms. The largest absolute Gasteiger partial charge is 0.344 e. The van der Waals surface area contributed by atoms with Crippen molar-refractivity contribution in [2.75, 3.05) is 0 Å². The highest BCUT2D eigenvalue weighted by atomic mass is 16.2. The molecule has 4 amide bonds. The summed E-state index contributed by atoms with van der Waals surface area (Å²) in [5.74, 6) is -0.874. The van der Waals surface area contributed by atoms with Crippen LogP contribution in [0.1, 0.15) is 53.8 Å². The molecule has 2 heterocycles. The number of nitrogens with zero attached hydrogens (tertiary/aromatic N) is 3. The Bertz CT molecular complexity index is 941. The van der Waals surface area contributed by atoms with Crippen molar-refractivity contribution < 1.29 is 14.4 Å². The average Bonchev–Trinajstić information content (AvgIpc) is 3.13. The van der Waals surface area contributed by atoms with Crippen LogP contribution in [-0.2, 0) is 4.79 Å². The van der Waals surface area contributed by atoms with Crippen LogP contribution in [0, 0.1) is 13.8 Å². The molecule has 1 spiro atoms. The predicted octanol–water partition coefficient (Wildman–Crippen LogP) is 2.39. The van der Waals surface area contributed by atoms with Crippen molar-refractivity contribution in [2.45, 2.75) is 51.5 Å². The minimum absolute atomic E-state index is 0.357. The molecule has 2 N–H and O–H groups in total. The summed E-state index contributed by atoms with van der Waals surface area (Å²) in [6.45, 7) is 3.88. The third-order valence-corrected chi connectivity index (χ3v) is 5.47. The number of nitrogens with one attached hydrogen (secondary N) is 2. The van der Waals surface area contributed by atoms with Crippen molar-refractivity contribution in [3.63, 3.8) is 0 Å². The smallest absolute Gasteiger partial charge is 0.322 e. The Kier molecular flexibility index (Phi) is 4.41. The monoisotopic (exact) mass is 381 g/mol. The van der Waals surface area contributed by atoms with Gasteiger partial charge in [0.1, 0.15) is 5.54 Å². The van der Waals surface area contributed by atoms with Gasteiger partial charge in [0.05, 0.1) is 11.4 Å². The molecular weight excluding hydrogens is 358 g/mol. The molecular formula is C20H23N5O3. The number of hydrazine groups is 1. The minimum Gasteiger partial charge on any atom is -0.322 e. The molecule has 1 aliphatic heterocycles. The molecule has 2 aromatic rings. The van der Waals surface area contributed by atoms with Crippen molar-refractivity contribution in [1.29, 1.82) is 0 Å². The molecule has 0 atom stereocenters. The van der Waals surface area contributed by atoms with Crippen molar-refractivity contribution in [2.24, 2.45) is 0 Å². The number of amides is 4. The minimum atomic E-state index is -0.859. The number of aromatic nitrogens is 2. The molecule has 1 aromatic carbocycles. The number of imide groups is 1. The van der Waals surface area contributed by atoms with E-state index in [4.69, 9.17) is 0 Å². The maximum atomic E-state index is 12.8. The second-order valence-corrected chi connectivity index (χ2v) is 7.54. The van der Waals surface area contributed by atoms with Gasteiger partial charge in [0, 0.05) is 11.3 Å². The molecule has 146 valence electrons. The summed E-state index contributed by atoms with van der Waals surface area (Å²) in [5, 5.41) is 8.01. The first-order valence-electron chi connectivity index (χ1n) is 9.51. The molecule has 2 fully saturated rings. The summed E-state index contributed by atoms with van der Waals surface area (Å²) < 4.78 is 1.79. The molecule has 8 nitrogen and oxygen atoms in total. The standard InChI is InChI=1S/C20H23N5O3/c1-13-12-14(2)24(22-13)16-8-6-15(7-9-16)17(26)23-25-18(27)20(21-19(25)28)10-4-3-5-11-20/h6-9,12H,3-5,10-11H2,1-2H3,(H,21,28)(H,23,26). The summed E-state index contributed by atoms with van der Waals surface area (Å²) in [4.78, 5) is 37.6. The fourth-order valence-corrected chi connectivity index (χ4v) is 4.03. The molecule has 0 radical (unpaired) electrons. The number of hydrogen-bond acceptors (Lipinski definition) is 4. The van der Waals surface area contributed by atoms with E-state index in [1.54, 1.807) is 28.9 Å². The summed E-state index contributed by atoms with van der Waals surface area (Å²) in [7, 11) is 0. The molecule has 1 saturated carbocycles. The van der Waals surface area contributed by atoms with E-state index < -0.39 is 17.5 Å². The molecule has 8 heteroatoms. The first-order chi connectivity index (χ1) is 13.4. The Balaban J connectivity index is 1.48. The van der Waals surface area contributed by atoms with Crippen molar-refractivity contribution in [3.8, 4) is 5.69 Å². The molecule has 4 rings (SSSR count). The van der Waals surface area contributed by atoms with Crippen molar-refractivity contribution in [1.82, 2.24) is 25.5 Å². The number of urea groups is 1. The van der Waals surface area contributed by atoms with Crippen LogP contribution in [0.15, 0.2) is 30.3 Å². The molecule has 0 bridgehead atoms. The van der Waals surface area contributed by atoms with E-state index in [0.717, 1.165) is 41.3 Å². The van der Waals surface area contributed by atoms with E-state index >= 15 is 0 Å². The van der Waals surface area contributed by atoms with Gasteiger partial charge < -0.3 is 5.32 Å². The van der Waals surface area contributed by atoms with Crippen LogP contribution in [0.3, 0.4) is 0 Å². The Morgan fingerprint density at radius 3 is 2.39 bits per heavy atom. The van der Waals surface area contributed by atoms with Gasteiger partial charge in [-0.3, -0.25) is 15.0 Å². The van der Waals surface area contributed by atoms with Gasteiger partial charge in [-0.25, -0.2) is 9.48 Å². The first kappa shape index (κ1) is 18.2. The number of hydrogen-bond donors (Lipinski definition) is 2. The van der Waals surface area contributed by atoms with Gasteiger partial charge in [-0.15, -0.1) is 0 Å². The molecule has 1 aliphatic carbocycles. The first-order valence-corrected chi connectivity index (χ1v) is 9.51. The highest BCUT2D eigenvalue weighted by molar-refractivity contribution is 6.09. The molecule has 2 aliphatic rings. The summed E-state index contributed by atoms with van der Waals surface area (Å²) in [5.41, 5.74) is 4.68. The van der Waals surface area contributed by atoms with Crippen LogP contribution in [0.5, 0.6) is 0 Å². The van der Waals surface area contributed by atoms with Gasteiger partial charge >= 0.3 is 6.03 Å². The molecule has 0 unspecified atom stereocenters. The number of rotatable bonds is 3. The van der Waals surface area contributed by atoms with Crippen molar-refractivity contribution >= 4 is 17.8 Å². The summed E-state index contributed by atoms with van der Waals surface area (Å²) in [6, 6.07) is 8.26. The van der Waals surface area contributed by atoms with Gasteiger partial charge in [0.15, 0.2) is 0 Å². The number of carbonyl (C=O) groups is 3. The van der Waals surface area contributed by atoms with Gasteiger partial charge in [-0.1, -0.05) is 19.3 Å². The fourth-order valence-electron chi connectivity index (χ4n) is 4.03. The third-order valence-electron chi connectivity index (χ3n) is 5.47. The molecule has 1 saturated heterocycles. The second-order valence-electron chi connectivity index (χ2n) is 7.54. The van der Waals surface area contributed by atoms with E-state index in [2.05, 4.69) is 15.8 Å². The SMILES string of the molecule is Cc1cc(C)n(-c2ccc(C(=O)NN3C(=O)NC4(CCCCC4)C3=O)cc2)n1. The highest BCUT2D eigenvalue weighted by Crippen LogP contribution is 2.33. The maximum Gasteiger partial charge on any atom is 0.344 e. The van der Waals surface area contributed by atoms with Gasteiger partial charge in [-0.05, 0) is 57.0 Å². The Hall–Kier alpha value is -3.16. The fraction of sp³-hybridized carbons (Fsp3) is 0.400. The highest BCUT2D eigenvalue weighted by Gasteiger charge is 2.52. The normalized spacial score (nSPS) is 18.4. The van der Waals surface area contributed by atoms with Crippen LogP contribution in [0.25, 0.3) is 5.69 Å². The van der Waals surface area contributed by atoms with Crippen LogP contribution < -0.4 is 10.7 Å². The Morgan fingerprint density at radius 1 is 1.11 bits per heavy atom. The zero-order valence-corrected chi connectivity index (χ0v) is 16.0. The summed E-state index contributed by atoms with van der Waals surface area (Å²) >= 11 is 0. The lowest BCUT2D eigenvalue weighted by molar-refractivity contribution is -0.134. The maximum absolute atomic E-state index is 12.8. The van der Waals surface area contributed by atoms with Crippen LogP contribution in [0.4, 0.5) is 4.79 Å². The van der Waals surface area contributed by atoms with E-state index in [9.17, 15) is 14.4 Å². The topological polar surface area (TPSA) is 96.3 Å². The van der Waals surface area contributed by atoms with Gasteiger partial charge in [0.25, 0.3) is 11.8 Å². The quantitative estimate of drug-likeness (QED) is 0.798. The summed E-state index contributed by atoms with van der Waals surface area (Å²) in [6.07, 6.45) is 4.06. The second kappa shape index (κ2) is 6.78. The predicted molar refractivity (Wildman–Crippen MR) is 102 cm³/mol. The zero-order chi connectivity index (χ0) is 19.9. The van der Waals surface area contributed by atoms with E-state index in [1.165, 1.54) is 0 Å². The lowest BCUT2D eigenvalue weighted by Gasteiger charge is -2.30. The number of aryl methyl sites for hydroxylation is 2. The zero-order valence-electron chi connectivity index (χ0n) is 16.0. The Labute approximate surface area is 162 Å². The van der Waals surface area contributed by atoms with E-state index in [-0.39, 0.29) is 5.91 Å². The van der Waals surface area contributed by atoms with Crippen LogP contribution in [0.2, 0.25) is 0 Å². The lowest BCUT2D eigenvalue weighted by Crippen LogP contribution is -2.50. The van der Waals surface area contributed by atoms with E-state index in [0.29, 0.717) is 18.4 Å². The number of benzene rings is 1. The van der Waals surface area contributed by atoms with Crippen LogP contribution >= 0.6 is 0 Å². The third kappa shape index (κ3) is 3.04. The lowest BCUT2D eigenvalue weighted by atomic mass is 9.82. The van der Waals surface area contributed by atoms with Crippen molar-refractivity contribution in [3.05, 3.63) is 47.3 Å². The van der Waals surface area contributed by atoms with Crippen LogP contribution in [-0.4, -0.2) is 38.2 Å². The number of carbonyl (C=O) groups excluding carboxylic acids is 3. The van der Waals surface area contributed by atoms with Gasteiger partial charge in [0.2, 0.25) is 0 Å². The van der Waals surface area contributed by atoms with E-state index in [1.807, 2.05) is 19.9 Å². The molecule has 1 aromatic heterocycles. The Morgan fingerprint density at radius 2 is 1.79 bits per heavy atom. The average molecular weight is 381 g/mol.